The van der Waals surface area contributed by atoms with Gasteiger partial charge in [0, 0.05) is 36.3 Å². The third kappa shape index (κ3) is 4.11. The lowest BCUT2D eigenvalue weighted by Crippen LogP contribution is -2.43. The molecule has 2 N–H and O–H groups in total. The van der Waals surface area contributed by atoms with Crippen molar-refractivity contribution in [1.29, 1.82) is 0 Å². The number of hydrogen-bond acceptors (Lipinski definition) is 5. The average molecular weight is 362 g/mol. The standard InChI is InChI=1S/C18H27N5OS/c1-19-16(14-11-21-23(3)12-14)18(24)20-10-13-6-4-8-22(2)17(13)15-7-5-9-25-15/h5,7,9,11-13,16-17,19H,4,6,8,10H2,1-3H3,(H,20,24). The molecule has 0 aromatic carbocycles. The van der Waals surface area contributed by atoms with Crippen molar-refractivity contribution in [3.8, 4) is 0 Å². The highest BCUT2D eigenvalue weighted by atomic mass is 32.1. The number of aromatic nitrogens is 2. The van der Waals surface area contributed by atoms with E-state index >= 15 is 0 Å². The summed E-state index contributed by atoms with van der Waals surface area (Å²) >= 11 is 1.80. The van der Waals surface area contributed by atoms with Gasteiger partial charge in [0.1, 0.15) is 6.04 Å². The minimum absolute atomic E-state index is 0.00801. The molecule has 1 aliphatic rings. The van der Waals surface area contributed by atoms with E-state index in [2.05, 4.69) is 45.2 Å². The van der Waals surface area contributed by atoms with E-state index in [0.717, 1.165) is 18.5 Å². The van der Waals surface area contributed by atoms with Crippen molar-refractivity contribution in [2.24, 2.45) is 13.0 Å². The minimum atomic E-state index is -0.366. The van der Waals surface area contributed by atoms with Crippen LogP contribution in [-0.4, -0.2) is 47.8 Å². The fourth-order valence-corrected chi connectivity index (χ4v) is 4.74. The van der Waals surface area contributed by atoms with Gasteiger partial charge in [-0.2, -0.15) is 5.10 Å². The summed E-state index contributed by atoms with van der Waals surface area (Å²) in [6, 6.07) is 4.34. The second kappa shape index (κ2) is 8.12. The number of amides is 1. The molecular formula is C18H27N5OS. The number of carbonyl (C=O) groups is 1. The lowest BCUT2D eigenvalue weighted by atomic mass is 9.88. The quantitative estimate of drug-likeness (QED) is 0.825. The van der Waals surface area contributed by atoms with E-state index in [1.165, 1.54) is 11.3 Å². The molecular weight excluding hydrogens is 334 g/mol. The van der Waals surface area contributed by atoms with Crippen LogP contribution in [0.1, 0.15) is 35.4 Å². The lowest BCUT2D eigenvalue weighted by molar-refractivity contribution is -0.123. The molecule has 3 atom stereocenters. The van der Waals surface area contributed by atoms with Crippen LogP contribution >= 0.6 is 11.3 Å². The highest BCUT2D eigenvalue weighted by Gasteiger charge is 2.32. The first kappa shape index (κ1) is 18.1. The Hall–Kier alpha value is -1.70. The molecule has 1 amide bonds. The first-order valence-electron chi connectivity index (χ1n) is 8.77. The van der Waals surface area contributed by atoms with Gasteiger partial charge in [-0.25, -0.2) is 0 Å². The molecule has 1 aliphatic heterocycles. The van der Waals surface area contributed by atoms with Crippen LogP contribution in [0.15, 0.2) is 29.9 Å². The third-order valence-electron chi connectivity index (χ3n) is 4.99. The largest absolute Gasteiger partial charge is 0.354 e. The van der Waals surface area contributed by atoms with Crippen LogP contribution in [0.2, 0.25) is 0 Å². The Bertz CT molecular complexity index is 683. The van der Waals surface area contributed by atoms with Crippen LogP contribution < -0.4 is 10.6 Å². The Kier molecular flexibility index (Phi) is 5.88. The number of rotatable bonds is 6. The summed E-state index contributed by atoms with van der Waals surface area (Å²) in [5.74, 6) is 0.446. The summed E-state index contributed by atoms with van der Waals surface area (Å²) in [5, 5.41) is 12.6. The van der Waals surface area contributed by atoms with E-state index in [9.17, 15) is 4.79 Å². The number of hydrogen-bond donors (Lipinski definition) is 2. The van der Waals surface area contributed by atoms with Gasteiger partial charge in [0.15, 0.2) is 0 Å². The first-order valence-corrected chi connectivity index (χ1v) is 9.65. The zero-order valence-corrected chi connectivity index (χ0v) is 15.9. The molecule has 25 heavy (non-hydrogen) atoms. The summed E-state index contributed by atoms with van der Waals surface area (Å²) in [4.78, 5) is 16.5. The monoisotopic (exact) mass is 361 g/mol. The van der Waals surface area contributed by atoms with Crippen LogP contribution in [0.3, 0.4) is 0 Å². The van der Waals surface area contributed by atoms with Crippen molar-refractivity contribution in [3.05, 3.63) is 40.3 Å². The van der Waals surface area contributed by atoms with E-state index in [-0.39, 0.29) is 11.9 Å². The van der Waals surface area contributed by atoms with Crippen LogP contribution in [0, 0.1) is 5.92 Å². The van der Waals surface area contributed by atoms with E-state index < -0.39 is 0 Å². The van der Waals surface area contributed by atoms with E-state index in [0.29, 0.717) is 18.5 Å². The molecule has 3 heterocycles. The third-order valence-corrected chi connectivity index (χ3v) is 5.93. The number of aryl methyl sites for hydroxylation is 1. The summed E-state index contributed by atoms with van der Waals surface area (Å²) < 4.78 is 1.72. The molecule has 2 aromatic rings. The summed E-state index contributed by atoms with van der Waals surface area (Å²) in [5.41, 5.74) is 0.887. The number of piperidine rings is 1. The molecule has 0 aliphatic carbocycles. The fraction of sp³-hybridized carbons (Fsp3) is 0.556. The lowest BCUT2D eigenvalue weighted by Gasteiger charge is -2.39. The maximum atomic E-state index is 12.7. The highest BCUT2D eigenvalue weighted by Crippen LogP contribution is 2.36. The SMILES string of the molecule is CNC(C(=O)NCC1CCCN(C)C1c1cccs1)c1cnn(C)c1. The Balaban J connectivity index is 1.65. The van der Waals surface area contributed by atoms with Crippen molar-refractivity contribution in [2.75, 3.05) is 27.2 Å². The van der Waals surface area contributed by atoms with Gasteiger partial charge in [0.25, 0.3) is 0 Å². The van der Waals surface area contributed by atoms with Crippen LogP contribution in [0.4, 0.5) is 0 Å². The Morgan fingerprint density at radius 3 is 2.96 bits per heavy atom. The number of likely N-dealkylation sites (tertiary alicyclic amines) is 1. The van der Waals surface area contributed by atoms with Crippen LogP contribution in [-0.2, 0) is 11.8 Å². The van der Waals surface area contributed by atoms with Crippen molar-refractivity contribution < 1.29 is 4.79 Å². The maximum absolute atomic E-state index is 12.7. The Morgan fingerprint density at radius 1 is 1.48 bits per heavy atom. The van der Waals surface area contributed by atoms with Gasteiger partial charge in [-0.1, -0.05) is 6.07 Å². The topological polar surface area (TPSA) is 62.2 Å². The van der Waals surface area contributed by atoms with Gasteiger partial charge in [-0.05, 0) is 50.8 Å². The zero-order valence-electron chi connectivity index (χ0n) is 15.1. The molecule has 3 unspecified atom stereocenters. The number of nitrogens with zero attached hydrogens (tertiary/aromatic N) is 3. The van der Waals surface area contributed by atoms with Crippen molar-refractivity contribution in [3.63, 3.8) is 0 Å². The molecule has 3 rings (SSSR count). The number of carbonyl (C=O) groups excluding carboxylic acids is 1. The van der Waals surface area contributed by atoms with Crippen LogP contribution in [0.5, 0.6) is 0 Å². The molecule has 0 radical (unpaired) electrons. The smallest absolute Gasteiger partial charge is 0.241 e. The Morgan fingerprint density at radius 2 is 2.32 bits per heavy atom. The fourth-order valence-electron chi connectivity index (χ4n) is 3.75. The normalized spacial score (nSPS) is 22.7. The van der Waals surface area contributed by atoms with Crippen LogP contribution in [0.25, 0.3) is 0 Å². The predicted molar refractivity (Wildman–Crippen MR) is 100 cm³/mol. The van der Waals surface area contributed by atoms with E-state index in [1.54, 1.807) is 29.3 Å². The van der Waals surface area contributed by atoms with E-state index in [4.69, 9.17) is 0 Å². The maximum Gasteiger partial charge on any atom is 0.241 e. The second-order valence-electron chi connectivity index (χ2n) is 6.76. The average Bonchev–Trinajstić information content (AvgIpc) is 3.26. The second-order valence-corrected chi connectivity index (χ2v) is 7.74. The highest BCUT2D eigenvalue weighted by molar-refractivity contribution is 7.10. The predicted octanol–water partition coefficient (Wildman–Crippen LogP) is 1.94. The number of likely N-dealkylation sites (N-methyl/N-ethyl adjacent to an activating group) is 1. The van der Waals surface area contributed by atoms with Gasteiger partial charge >= 0.3 is 0 Å². The van der Waals surface area contributed by atoms with Gasteiger partial charge in [-0.3, -0.25) is 14.4 Å². The molecule has 1 saturated heterocycles. The Labute approximate surface area is 153 Å². The van der Waals surface area contributed by atoms with Gasteiger partial charge < -0.3 is 10.6 Å². The van der Waals surface area contributed by atoms with Gasteiger partial charge in [0.2, 0.25) is 5.91 Å². The molecule has 1 fully saturated rings. The van der Waals surface area contributed by atoms with Crippen molar-refractivity contribution in [1.82, 2.24) is 25.3 Å². The number of thiophene rings is 1. The summed E-state index contributed by atoms with van der Waals surface area (Å²) in [7, 11) is 5.85. The molecule has 0 bridgehead atoms. The molecule has 6 nitrogen and oxygen atoms in total. The summed E-state index contributed by atoms with van der Waals surface area (Å²) in [6.45, 7) is 1.81. The molecule has 0 spiro atoms. The molecule has 136 valence electrons. The minimum Gasteiger partial charge on any atom is -0.354 e. The van der Waals surface area contributed by atoms with E-state index in [1.807, 2.05) is 13.2 Å². The van der Waals surface area contributed by atoms with Crippen molar-refractivity contribution in [2.45, 2.75) is 24.9 Å². The first-order chi connectivity index (χ1) is 12.1. The van der Waals surface area contributed by atoms with Gasteiger partial charge in [-0.15, -0.1) is 11.3 Å². The summed E-state index contributed by atoms with van der Waals surface area (Å²) in [6.07, 6.45) is 5.94. The molecule has 0 saturated carbocycles. The molecule has 2 aromatic heterocycles. The van der Waals surface area contributed by atoms with Gasteiger partial charge in [0.05, 0.1) is 6.20 Å². The van der Waals surface area contributed by atoms with Crippen molar-refractivity contribution >= 4 is 17.2 Å². The number of nitrogens with one attached hydrogen (secondary N) is 2. The zero-order chi connectivity index (χ0) is 17.8. The molecule has 7 heteroatoms.